The second kappa shape index (κ2) is 6.40. The zero-order valence-corrected chi connectivity index (χ0v) is 10.6. The molecule has 1 heterocycles. The zero-order chi connectivity index (χ0) is 12.8. The summed E-state index contributed by atoms with van der Waals surface area (Å²) in [6, 6.07) is 6.26. The van der Waals surface area contributed by atoms with Crippen LogP contribution in [0.15, 0.2) is 18.2 Å². The molecule has 1 aliphatic rings. The van der Waals surface area contributed by atoms with Crippen molar-refractivity contribution in [1.29, 1.82) is 0 Å². The monoisotopic (exact) mass is 248 g/mol. The minimum absolute atomic E-state index is 0.0879. The molecule has 1 aromatic carbocycles. The lowest BCUT2D eigenvalue weighted by Gasteiger charge is -2.06. The second-order valence-corrected chi connectivity index (χ2v) is 4.53. The van der Waals surface area contributed by atoms with Gasteiger partial charge in [-0.2, -0.15) is 0 Å². The van der Waals surface area contributed by atoms with Crippen molar-refractivity contribution in [2.75, 3.05) is 19.7 Å². The van der Waals surface area contributed by atoms with Crippen LogP contribution in [0, 0.1) is 0 Å². The molecule has 4 heteroatoms. The van der Waals surface area contributed by atoms with Crippen LogP contribution < -0.4 is 15.8 Å². The largest absolute Gasteiger partial charge is 0.493 e. The summed E-state index contributed by atoms with van der Waals surface area (Å²) in [4.78, 5) is 11.4. The van der Waals surface area contributed by atoms with Crippen LogP contribution in [-0.4, -0.2) is 25.6 Å². The maximum atomic E-state index is 11.4. The first kappa shape index (κ1) is 12.9. The lowest BCUT2D eigenvalue weighted by molar-refractivity contribution is -0.121. The third-order valence-corrected chi connectivity index (χ3v) is 3.10. The molecule has 98 valence electrons. The Balaban J connectivity index is 1.75. The van der Waals surface area contributed by atoms with E-state index in [1.807, 2.05) is 6.07 Å². The van der Waals surface area contributed by atoms with Gasteiger partial charge in [0.25, 0.3) is 0 Å². The number of benzene rings is 1. The molecule has 0 saturated carbocycles. The fourth-order valence-corrected chi connectivity index (χ4v) is 2.09. The fourth-order valence-electron chi connectivity index (χ4n) is 2.09. The molecule has 2 rings (SSSR count). The van der Waals surface area contributed by atoms with Crippen LogP contribution in [-0.2, 0) is 17.6 Å². The molecule has 1 amide bonds. The van der Waals surface area contributed by atoms with E-state index < -0.39 is 0 Å². The van der Waals surface area contributed by atoms with E-state index in [9.17, 15) is 4.79 Å². The van der Waals surface area contributed by atoms with Gasteiger partial charge in [0.15, 0.2) is 0 Å². The van der Waals surface area contributed by atoms with E-state index >= 15 is 0 Å². The van der Waals surface area contributed by atoms with E-state index in [2.05, 4.69) is 17.4 Å². The molecule has 3 N–H and O–H groups in total. The molecule has 18 heavy (non-hydrogen) atoms. The number of carbonyl (C=O) groups excluding carboxylic acids is 1. The van der Waals surface area contributed by atoms with Crippen molar-refractivity contribution >= 4 is 5.91 Å². The molecule has 0 aliphatic carbocycles. The summed E-state index contributed by atoms with van der Waals surface area (Å²) in [6.45, 7) is 2.04. The molecule has 0 unspecified atom stereocenters. The van der Waals surface area contributed by atoms with Crippen LogP contribution in [0.2, 0.25) is 0 Å². The Bertz CT molecular complexity index is 418. The molecule has 0 fully saturated rings. The van der Waals surface area contributed by atoms with Crippen LogP contribution in [0.1, 0.15) is 24.0 Å². The van der Waals surface area contributed by atoms with Crippen LogP contribution in [0.3, 0.4) is 0 Å². The lowest BCUT2D eigenvalue weighted by atomic mass is 10.1. The summed E-state index contributed by atoms with van der Waals surface area (Å²) < 4.78 is 5.46. The van der Waals surface area contributed by atoms with E-state index in [0.717, 1.165) is 31.6 Å². The van der Waals surface area contributed by atoms with Crippen LogP contribution in [0.5, 0.6) is 5.75 Å². The summed E-state index contributed by atoms with van der Waals surface area (Å²) in [7, 11) is 0. The average Bonchev–Trinajstić information content (AvgIpc) is 2.83. The number of rotatable bonds is 6. The SMILES string of the molecule is NCCCC(=O)NCCc1ccc2c(c1)CCO2. The highest BCUT2D eigenvalue weighted by molar-refractivity contribution is 5.75. The molecule has 0 spiro atoms. The lowest BCUT2D eigenvalue weighted by Crippen LogP contribution is -2.26. The molecule has 1 aliphatic heterocycles. The van der Waals surface area contributed by atoms with Gasteiger partial charge in [0.2, 0.25) is 5.91 Å². The number of ether oxygens (including phenoxy) is 1. The van der Waals surface area contributed by atoms with Crippen molar-refractivity contribution in [3.05, 3.63) is 29.3 Å². The van der Waals surface area contributed by atoms with Gasteiger partial charge in [-0.15, -0.1) is 0 Å². The standard InChI is InChI=1S/C14H20N2O2/c15-7-1-2-14(17)16-8-5-11-3-4-13-12(10-11)6-9-18-13/h3-4,10H,1-2,5-9,15H2,(H,16,17). The summed E-state index contributed by atoms with van der Waals surface area (Å²) >= 11 is 0. The summed E-state index contributed by atoms with van der Waals surface area (Å²) in [5, 5.41) is 2.91. The van der Waals surface area contributed by atoms with E-state index in [-0.39, 0.29) is 5.91 Å². The second-order valence-electron chi connectivity index (χ2n) is 4.53. The number of nitrogens with two attached hydrogens (primary N) is 1. The summed E-state index contributed by atoms with van der Waals surface area (Å²) in [6.07, 6.45) is 3.13. The van der Waals surface area contributed by atoms with Gasteiger partial charge in [0.05, 0.1) is 6.61 Å². The number of fused-ring (bicyclic) bond motifs is 1. The smallest absolute Gasteiger partial charge is 0.220 e. The molecular weight excluding hydrogens is 228 g/mol. The number of amides is 1. The topological polar surface area (TPSA) is 64.4 Å². The first-order valence-corrected chi connectivity index (χ1v) is 6.51. The molecule has 1 aromatic rings. The maximum Gasteiger partial charge on any atom is 0.220 e. The summed E-state index contributed by atoms with van der Waals surface area (Å²) in [5.74, 6) is 1.09. The highest BCUT2D eigenvalue weighted by atomic mass is 16.5. The first-order chi connectivity index (χ1) is 8.79. The third-order valence-electron chi connectivity index (χ3n) is 3.10. The van der Waals surface area contributed by atoms with Crippen molar-refractivity contribution in [3.63, 3.8) is 0 Å². The van der Waals surface area contributed by atoms with Crippen LogP contribution >= 0.6 is 0 Å². The van der Waals surface area contributed by atoms with Gasteiger partial charge in [-0.3, -0.25) is 4.79 Å². The Morgan fingerprint density at radius 2 is 2.33 bits per heavy atom. The Kier molecular flexibility index (Phi) is 4.59. The van der Waals surface area contributed by atoms with Gasteiger partial charge in [0, 0.05) is 19.4 Å². The molecular formula is C14H20N2O2. The predicted octanol–water partition coefficient (Wildman–Crippen LogP) is 1.02. The first-order valence-electron chi connectivity index (χ1n) is 6.51. The highest BCUT2D eigenvalue weighted by Crippen LogP contribution is 2.25. The van der Waals surface area contributed by atoms with Gasteiger partial charge in [-0.1, -0.05) is 12.1 Å². The third kappa shape index (κ3) is 3.47. The van der Waals surface area contributed by atoms with E-state index in [4.69, 9.17) is 10.5 Å². The van der Waals surface area contributed by atoms with Crippen LogP contribution in [0.4, 0.5) is 0 Å². The number of hydrogen-bond acceptors (Lipinski definition) is 3. The normalized spacial score (nSPS) is 12.9. The minimum atomic E-state index is 0.0879. The van der Waals surface area contributed by atoms with Gasteiger partial charge in [-0.05, 0) is 36.6 Å². The quantitative estimate of drug-likeness (QED) is 0.790. The van der Waals surface area contributed by atoms with E-state index in [1.54, 1.807) is 0 Å². The van der Waals surface area contributed by atoms with Crippen molar-refractivity contribution in [2.24, 2.45) is 5.73 Å². The van der Waals surface area contributed by atoms with Crippen molar-refractivity contribution in [3.8, 4) is 5.75 Å². The number of carbonyl (C=O) groups is 1. The number of nitrogens with one attached hydrogen (secondary N) is 1. The molecule has 0 radical (unpaired) electrons. The fraction of sp³-hybridized carbons (Fsp3) is 0.500. The Labute approximate surface area is 108 Å². The molecule has 0 bridgehead atoms. The molecule has 0 aromatic heterocycles. The maximum absolute atomic E-state index is 11.4. The average molecular weight is 248 g/mol. The van der Waals surface area contributed by atoms with Gasteiger partial charge >= 0.3 is 0 Å². The minimum Gasteiger partial charge on any atom is -0.493 e. The Hall–Kier alpha value is -1.55. The Morgan fingerprint density at radius 1 is 1.44 bits per heavy atom. The molecule has 0 atom stereocenters. The molecule has 4 nitrogen and oxygen atoms in total. The van der Waals surface area contributed by atoms with Crippen molar-refractivity contribution in [2.45, 2.75) is 25.7 Å². The highest BCUT2D eigenvalue weighted by Gasteiger charge is 2.11. The van der Waals surface area contributed by atoms with Crippen molar-refractivity contribution < 1.29 is 9.53 Å². The van der Waals surface area contributed by atoms with Gasteiger partial charge < -0.3 is 15.8 Å². The van der Waals surface area contributed by atoms with E-state index in [0.29, 0.717) is 19.5 Å². The zero-order valence-electron chi connectivity index (χ0n) is 10.6. The van der Waals surface area contributed by atoms with Gasteiger partial charge in [-0.25, -0.2) is 0 Å². The predicted molar refractivity (Wildman–Crippen MR) is 70.6 cm³/mol. The number of hydrogen-bond donors (Lipinski definition) is 2. The molecule has 0 saturated heterocycles. The Morgan fingerprint density at radius 3 is 3.17 bits per heavy atom. The summed E-state index contributed by atoms with van der Waals surface area (Å²) in [5.41, 5.74) is 7.88. The van der Waals surface area contributed by atoms with Crippen molar-refractivity contribution in [1.82, 2.24) is 5.32 Å². The van der Waals surface area contributed by atoms with Crippen LogP contribution in [0.25, 0.3) is 0 Å². The van der Waals surface area contributed by atoms with E-state index in [1.165, 1.54) is 11.1 Å². The van der Waals surface area contributed by atoms with Gasteiger partial charge in [0.1, 0.15) is 5.75 Å².